The molecule has 10 nitrogen and oxygen atoms in total. The molecule has 0 spiro atoms. The second-order valence-electron chi connectivity index (χ2n) is 14.8. The molecule has 0 saturated carbocycles. The minimum absolute atomic E-state index is 0.143. The fraction of sp³-hybridized carbons (Fsp3) is 0.273. The van der Waals surface area contributed by atoms with E-state index in [4.69, 9.17) is 33.0 Å². The summed E-state index contributed by atoms with van der Waals surface area (Å²) >= 11 is 13.6. The lowest BCUT2D eigenvalue weighted by Crippen LogP contribution is -2.43. The lowest BCUT2D eigenvalue weighted by atomic mass is 9.98. The number of pyridine rings is 1. The number of anilines is 1. The highest BCUT2D eigenvalue weighted by atomic mass is 35.5. The lowest BCUT2D eigenvalue weighted by molar-refractivity contribution is 0.0686. The molecule has 8 rings (SSSR count). The van der Waals surface area contributed by atoms with Crippen LogP contribution in [0.25, 0.3) is 32.9 Å². The molecule has 4 aromatic heterocycles. The third-order valence-corrected chi connectivity index (χ3v) is 12.0. The summed E-state index contributed by atoms with van der Waals surface area (Å²) in [6.45, 7) is 11.2. The Bertz CT molecular complexity index is 2690. The number of aryl methyl sites for hydroxylation is 5. The topological polar surface area (TPSA) is 107 Å². The van der Waals surface area contributed by atoms with Crippen molar-refractivity contribution < 1.29 is 19.4 Å². The predicted molar refractivity (Wildman–Crippen MR) is 222 cm³/mol. The number of aromatic nitrogens is 5. The van der Waals surface area contributed by atoms with Crippen molar-refractivity contribution in [1.82, 2.24) is 23.9 Å². The highest BCUT2D eigenvalue weighted by Gasteiger charge is 2.38. The Morgan fingerprint density at radius 3 is 2.38 bits per heavy atom. The summed E-state index contributed by atoms with van der Waals surface area (Å²) < 4.78 is 12.1. The van der Waals surface area contributed by atoms with Crippen LogP contribution in [-0.4, -0.2) is 54.0 Å². The number of halogens is 2. The monoisotopic (exact) mass is 788 g/mol. The van der Waals surface area contributed by atoms with E-state index in [0.717, 1.165) is 71.8 Å². The number of hydrogen-bond acceptors (Lipinski definition) is 5. The van der Waals surface area contributed by atoms with Gasteiger partial charge in [-0.2, -0.15) is 5.10 Å². The molecule has 0 fully saturated rings. The second-order valence-corrected chi connectivity index (χ2v) is 15.5. The summed E-state index contributed by atoms with van der Waals surface area (Å²) in [6.07, 6.45) is 4.59. The molecule has 0 saturated heterocycles. The van der Waals surface area contributed by atoms with E-state index in [1.165, 1.54) is 0 Å². The van der Waals surface area contributed by atoms with Gasteiger partial charge in [0.1, 0.15) is 17.1 Å². The number of benzene rings is 3. The lowest BCUT2D eigenvalue weighted by Gasteiger charge is -2.35. The van der Waals surface area contributed by atoms with E-state index in [1.807, 2.05) is 98.9 Å². The van der Waals surface area contributed by atoms with Crippen molar-refractivity contribution in [3.63, 3.8) is 0 Å². The third-order valence-electron chi connectivity index (χ3n) is 11.1. The zero-order valence-electron chi connectivity index (χ0n) is 32.2. The predicted octanol–water partition coefficient (Wildman–Crippen LogP) is 9.91. The smallest absolute Gasteiger partial charge is 0.352 e. The third kappa shape index (κ3) is 6.21. The van der Waals surface area contributed by atoms with E-state index in [0.29, 0.717) is 54.5 Å². The number of para-hydroxylation sites is 1. The maximum absolute atomic E-state index is 15.3. The van der Waals surface area contributed by atoms with Crippen LogP contribution in [0.1, 0.15) is 74.0 Å². The summed E-state index contributed by atoms with van der Waals surface area (Å²) in [4.78, 5) is 33.9. The number of amides is 1. The van der Waals surface area contributed by atoms with Crippen LogP contribution in [0.2, 0.25) is 10.0 Å². The van der Waals surface area contributed by atoms with Crippen LogP contribution in [0.5, 0.6) is 5.75 Å². The van der Waals surface area contributed by atoms with Crippen LogP contribution < -0.4 is 9.64 Å². The Balaban J connectivity index is 1.28. The first kappa shape index (κ1) is 37.3. The maximum Gasteiger partial charge on any atom is 0.352 e. The van der Waals surface area contributed by atoms with Crippen LogP contribution in [0, 0.1) is 27.7 Å². The highest BCUT2D eigenvalue weighted by molar-refractivity contribution is 6.35. The molecule has 0 radical (unpaired) electrons. The molecule has 1 amide bonds. The molecule has 5 heterocycles. The summed E-state index contributed by atoms with van der Waals surface area (Å²) in [5, 5.41) is 18.1. The number of carboxylic acid groups (broad SMARTS) is 1. The normalized spacial score (nSPS) is 14.2. The van der Waals surface area contributed by atoms with Gasteiger partial charge in [0.2, 0.25) is 0 Å². The molecular formula is C44H42Cl2N6O4. The van der Waals surface area contributed by atoms with Crippen LogP contribution in [0.3, 0.4) is 0 Å². The van der Waals surface area contributed by atoms with E-state index in [2.05, 4.69) is 16.5 Å². The fourth-order valence-corrected chi connectivity index (χ4v) is 8.83. The van der Waals surface area contributed by atoms with E-state index in [-0.39, 0.29) is 17.6 Å². The van der Waals surface area contributed by atoms with Gasteiger partial charge < -0.3 is 23.9 Å². The molecule has 1 aliphatic heterocycles. The molecule has 7 aromatic rings. The zero-order valence-corrected chi connectivity index (χ0v) is 33.7. The van der Waals surface area contributed by atoms with Gasteiger partial charge in [0.25, 0.3) is 5.91 Å². The van der Waals surface area contributed by atoms with Crippen LogP contribution in [0.15, 0.2) is 73.1 Å². The zero-order chi connectivity index (χ0) is 39.6. The quantitative estimate of drug-likeness (QED) is 0.138. The van der Waals surface area contributed by atoms with Gasteiger partial charge in [0.05, 0.1) is 34.0 Å². The second kappa shape index (κ2) is 14.5. The largest absolute Gasteiger partial charge is 0.494 e. The van der Waals surface area contributed by atoms with Gasteiger partial charge in [0.15, 0.2) is 0 Å². The van der Waals surface area contributed by atoms with Crippen molar-refractivity contribution in [1.29, 1.82) is 0 Å². The Labute approximate surface area is 334 Å². The number of ether oxygens (including phenoxy) is 1. The first-order valence-electron chi connectivity index (χ1n) is 18.7. The van der Waals surface area contributed by atoms with Crippen molar-refractivity contribution in [3.8, 4) is 16.9 Å². The van der Waals surface area contributed by atoms with Crippen LogP contribution in [-0.2, 0) is 20.0 Å². The number of carboxylic acids is 1. The average molecular weight is 790 g/mol. The van der Waals surface area contributed by atoms with Crippen molar-refractivity contribution in [3.05, 3.63) is 128 Å². The van der Waals surface area contributed by atoms with Gasteiger partial charge in [-0.15, -0.1) is 0 Å². The minimum atomic E-state index is -1.04. The maximum atomic E-state index is 15.3. The molecule has 0 bridgehead atoms. The summed E-state index contributed by atoms with van der Waals surface area (Å²) in [6, 6.07) is 18.8. The average Bonchev–Trinajstić information content (AvgIpc) is 3.79. The fourth-order valence-electron chi connectivity index (χ4n) is 8.47. The molecule has 0 unspecified atom stereocenters. The first-order chi connectivity index (χ1) is 26.8. The first-order valence-corrected chi connectivity index (χ1v) is 19.4. The number of fused-ring (bicyclic) bond motifs is 4. The number of carbonyl (C=O) groups excluding carboxylic acids is 1. The van der Waals surface area contributed by atoms with Gasteiger partial charge in [-0.25, -0.2) is 4.79 Å². The van der Waals surface area contributed by atoms with Crippen LogP contribution in [0.4, 0.5) is 5.69 Å². The van der Waals surface area contributed by atoms with Crippen molar-refractivity contribution in [2.45, 2.75) is 60.0 Å². The van der Waals surface area contributed by atoms with E-state index >= 15 is 4.79 Å². The standard InChI is InChI=1S/C44H42Cl2N6O4/c1-24-19-31(20-25(2)39(24)46)56-18-8-10-32-33-12-13-34(45)38(37-27(4)48-49(6)28(37)5)41(33)52-26(3)22-51(43(53)42(32)52)35-11-7-9-30-21-36(44(54)55)50(40(30)35)23-29-14-16-47-17-15-29/h7,9,11-17,19-21,26H,8,10,18,22-23H2,1-6H3,(H,54,55)/t26-/m1/s1. The van der Waals surface area contributed by atoms with Gasteiger partial charge in [0, 0.05) is 71.2 Å². The summed E-state index contributed by atoms with van der Waals surface area (Å²) in [5.41, 5.74) is 10.3. The molecule has 12 heteroatoms. The molecule has 56 heavy (non-hydrogen) atoms. The summed E-state index contributed by atoms with van der Waals surface area (Å²) in [7, 11) is 1.92. The molecule has 1 atom stereocenters. The SMILES string of the molecule is Cc1cc(OCCCc2c3n(c4c(-c5c(C)nn(C)c5C)c(Cl)ccc24)[C@H](C)CN(c2cccc4cc(C(=O)O)n(Cc5ccncc5)c24)C3=O)cc(C)c1Cl. The van der Waals surface area contributed by atoms with Gasteiger partial charge >= 0.3 is 5.97 Å². The van der Waals surface area contributed by atoms with Gasteiger partial charge in [-0.05, 0) is 112 Å². The molecule has 1 N–H and O–H groups in total. The number of aromatic carboxylic acids is 1. The van der Waals surface area contributed by atoms with Gasteiger partial charge in [-0.1, -0.05) is 41.4 Å². The van der Waals surface area contributed by atoms with Crippen LogP contribution >= 0.6 is 23.2 Å². The van der Waals surface area contributed by atoms with Gasteiger partial charge in [-0.3, -0.25) is 14.5 Å². The molecule has 3 aromatic carbocycles. The van der Waals surface area contributed by atoms with E-state index in [1.54, 1.807) is 23.0 Å². The van der Waals surface area contributed by atoms with Crippen molar-refractivity contribution in [2.75, 3.05) is 18.1 Å². The number of nitrogens with zero attached hydrogens (tertiary/aromatic N) is 6. The van der Waals surface area contributed by atoms with Crippen molar-refractivity contribution in [2.24, 2.45) is 7.05 Å². The Hall–Kier alpha value is -5.58. The number of hydrogen-bond donors (Lipinski definition) is 1. The molecular weight excluding hydrogens is 747 g/mol. The Morgan fingerprint density at radius 2 is 1.70 bits per heavy atom. The Kier molecular flexibility index (Phi) is 9.66. The Morgan fingerprint density at radius 1 is 0.964 bits per heavy atom. The highest BCUT2D eigenvalue weighted by Crippen LogP contribution is 2.46. The molecule has 286 valence electrons. The minimum Gasteiger partial charge on any atom is -0.494 e. The van der Waals surface area contributed by atoms with E-state index < -0.39 is 5.97 Å². The summed E-state index contributed by atoms with van der Waals surface area (Å²) in [5.74, 6) is -0.454. The molecule has 1 aliphatic rings. The molecule has 0 aliphatic carbocycles. The number of rotatable bonds is 10. The number of carbonyl (C=O) groups is 2. The van der Waals surface area contributed by atoms with Crippen molar-refractivity contribution >= 4 is 62.6 Å². The van der Waals surface area contributed by atoms with E-state index in [9.17, 15) is 9.90 Å².